The number of piperidine rings is 1. The van der Waals surface area contributed by atoms with Crippen molar-refractivity contribution in [1.29, 1.82) is 0 Å². The van der Waals surface area contributed by atoms with Crippen LogP contribution in [0.2, 0.25) is 0 Å². The standard InChI is InChI=1S/C41H53N5O5/c1-41(2,3)51-40(48)45-21-18-34(30-11-9-12-33(24-30)50-28-29-17-19-42-38(23-29)43(4)5)36(27-45)39(47)46(32-15-16-32)26-31-25-44(20-10-22-49-6)37-14-8-7-13-35(31)37/h7-9,11-14,17,19,23-25,32,34,36H,10,15-16,18,20-22,26-28H2,1-6H3/t34-,36+/m1/s1. The van der Waals surface area contributed by atoms with E-state index in [1.54, 1.807) is 18.2 Å². The monoisotopic (exact) mass is 695 g/mol. The van der Waals surface area contributed by atoms with Crippen molar-refractivity contribution >= 4 is 28.7 Å². The lowest BCUT2D eigenvalue weighted by molar-refractivity contribution is -0.139. The van der Waals surface area contributed by atoms with E-state index in [2.05, 4.69) is 57.0 Å². The fourth-order valence-electron chi connectivity index (χ4n) is 7.07. The third-order valence-electron chi connectivity index (χ3n) is 9.77. The molecular formula is C41H53N5O5. The molecule has 10 heteroatoms. The summed E-state index contributed by atoms with van der Waals surface area (Å²) in [7, 11) is 5.66. The highest BCUT2D eigenvalue weighted by molar-refractivity contribution is 5.86. The van der Waals surface area contributed by atoms with Gasteiger partial charge in [-0.1, -0.05) is 30.3 Å². The third-order valence-corrected chi connectivity index (χ3v) is 9.77. The number of carbonyl (C=O) groups excluding carboxylic acids is 2. The van der Waals surface area contributed by atoms with Crippen molar-refractivity contribution in [3.05, 3.63) is 89.7 Å². The van der Waals surface area contributed by atoms with Crippen LogP contribution in [-0.2, 0) is 34.0 Å². The van der Waals surface area contributed by atoms with Crippen molar-refractivity contribution in [1.82, 2.24) is 19.4 Å². The minimum Gasteiger partial charge on any atom is -0.489 e. The molecule has 272 valence electrons. The molecule has 10 nitrogen and oxygen atoms in total. The number of rotatable bonds is 13. The van der Waals surface area contributed by atoms with Crippen molar-refractivity contribution in [2.24, 2.45) is 5.92 Å². The van der Waals surface area contributed by atoms with E-state index in [4.69, 9.17) is 14.2 Å². The largest absolute Gasteiger partial charge is 0.489 e. The topological polar surface area (TPSA) is 89.4 Å². The van der Waals surface area contributed by atoms with Crippen LogP contribution in [0.25, 0.3) is 10.9 Å². The first-order valence-electron chi connectivity index (χ1n) is 18.2. The smallest absolute Gasteiger partial charge is 0.410 e. The molecule has 1 aliphatic carbocycles. The summed E-state index contributed by atoms with van der Waals surface area (Å²) in [6, 6.07) is 20.7. The molecule has 2 aromatic carbocycles. The highest BCUT2D eigenvalue weighted by Crippen LogP contribution is 2.40. The fraction of sp³-hybridized carbons (Fsp3) is 0.488. The Morgan fingerprint density at radius 2 is 1.80 bits per heavy atom. The van der Waals surface area contributed by atoms with Gasteiger partial charge in [0.05, 0.1) is 5.92 Å². The van der Waals surface area contributed by atoms with Crippen molar-refractivity contribution in [2.45, 2.75) is 83.7 Å². The second-order valence-corrected chi connectivity index (χ2v) is 15.1. The minimum absolute atomic E-state index is 0.0855. The van der Waals surface area contributed by atoms with Gasteiger partial charge in [0.15, 0.2) is 0 Å². The van der Waals surface area contributed by atoms with Gasteiger partial charge in [-0.3, -0.25) is 4.79 Å². The summed E-state index contributed by atoms with van der Waals surface area (Å²) < 4.78 is 19.7. The summed E-state index contributed by atoms with van der Waals surface area (Å²) in [5.74, 6) is 1.19. The molecule has 0 unspecified atom stereocenters. The van der Waals surface area contributed by atoms with Crippen molar-refractivity contribution in [3.63, 3.8) is 0 Å². The van der Waals surface area contributed by atoms with E-state index in [9.17, 15) is 9.59 Å². The number of methoxy groups -OCH3 is 1. The molecule has 2 amide bonds. The van der Waals surface area contributed by atoms with Crippen LogP contribution in [0.5, 0.6) is 5.75 Å². The lowest BCUT2D eigenvalue weighted by atomic mass is 9.79. The number of aromatic nitrogens is 2. The number of ether oxygens (including phenoxy) is 3. The van der Waals surface area contributed by atoms with Crippen LogP contribution in [0.1, 0.15) is 69.1 Å². The number of hydrogen-bond acceptors (Lipinski definition) is 7. The van der Waals surface area contributed by atoms with Gasteiger partial charge in [0.2, 0.25) is 5.91 Å². The number of anilines is 1. The maximum Gasteiger partial charge on any atom is 0.410 e. The van der Waals surface area contributed by atoms with Gasteiger partial charge in [-0.05, 0) is 99.4 Å². The van der Waals surface area contributed by atoms with Gasteiger partial charge in [-0.25, -0.2) is 9.78 Å². The summed E-state index contributed by atoms with van der Waals surface area (Å²) in [5, 5.41) is 1.17. The van der Waals surface area contributed by atoms with E-state index in [1.165, 1.54) is 10.9 Å². The number of benzene rings is 2. The zero-order valence-corrected chi connectivity index (χ0v) is 31.0. The Labute approximate surface area is 302 Å². The molecule has 2 aliphatic rings. The van der Waals surface area contributed by atoms with Crippen LogP contribution < -0.4 is 9.64 Å². The first-order valence-corrected chi connectivity index (χ1v) is 18.2. The maximum atomic E-state index is 14.9. The van der Waals surface area contributed by atoms with Crippen molar-refractivity contribution < 1.29 is 23.8 Å². The average Bonchev–Trinajstić information content (AvgIpc) is 3.91. The number of likely N-dealkylation sites (tertiary alicyclic amines) is 1. The number of amides is 2. The van der Waals surface area contributed by atoms with E-state index >= 15 is 0 Å². The molecule has 51 heavy (non-hydrogen) atoms. The third kappa shape index (κ3) is 9.03. The van der Waals surface area contributed by atoms with Crippen LogP contribution in [0.4, 0.5) is 10.6 Å². The minimum atomic E-state index is -0.626. The highest BCUT2D eigenvalue weighted by Gasteiger charge is 2.43. The fourth-order valence-corrected chi connectivity index (χ4v) is 7.07. The molecule has 1 saturated heterocycles. The van der Waals surface area contributed by atoms with Crippen LogP contribution in [0, 0.1) is 5.92 Å². The summed E-state index contributed by atoms with van der Waals surface area (Å²) >= 11 is 0. The SMILES string of the molecule is COCCCn1cc(CN(C(=O)[C@H]2CN(C(=O)OC(C)(C)C)CC[C@@H]2c2cccc(OCc3ccnc(N(C)C)c3)c2)C2CC2)c2ccccc21. The Balaban J connectivity index is 1.27. The van der Waals surface area contributed by atoms with E-state index in [-0.39, 0.29) is 24.0 Å². The van der Waals surface area contributed by atoms with Crippen LogP contribution in [-0.4, -0.2) is 83.9 Å². The van der Waals surface area contributed by atoms with Gasteiger partial charge >= 0.3 is 6.09 Å². The zero-order valence-electron chi connectivity index (χ0n) is 31.0. The van der Waals surface area contributed by atoms with Gasteiger partial charge in [-0.15, -0.1) is 0 Å². The summed E-state index contributed by atoms with van der Waals surface area (Å²) in [5.41, 5.74) is 3.75. The van der Waals surface area contributed by atoms with Crippen LogP contribution in [0.3, 0.4) is 0 Å². The number of pyridine rings is 1. The molecule has 0 spiro atoms. The number of fused-ring (bicyclic) bond motifs is 1. The summed E-state index contributed by atoms with van der Waals surface area (Å²) in [6.07, 6.45) is 7.16. The quantitative estimate of drug-likeness (QED) is 0.136. The number of carbonyl (C=O) groups is 2. The molecule has 0 bridgehead atoms. The molecule has 2 aromatic heterocycles. The molecule has 4 aromatic rings. The average molecular weight is 696 g/mol. The molecule has 2 fully saturated rings. The van der Waals surface area contributed by atoms with Gasteiger partial charge in [0.1, 0.15) is 23.8 Å². The molecule has 0 radical (unpaired) electrons. The molecule has 0 N–H and O–H groups in total. The normalized spacial score (nSPS) is 17.7. The predicted molar refractivity (Wildman–Crippen MR) is 200 cm³/mol. The Bertz CT molecular complexity index is 1810. The lowest BCUT2D eigenvalue weighted by Crippen LogP contribution is -2.51. The predicted octanol–water partition coefficient (Wildman–Crippen LogP) is 7.25. The molecule has 6 rings (SSSR count). The summed E-state index contributed by atoms with van der Waals surface area (Å²) in [4.78, 5) is 38.5. The first-order chi connectivity index (χ1) is 24.5. The number of para-hydroxylation sites is 1. The van der Waals surface area contributed by atoms with E-state index < -0.39 is 11.5 Å². The zero-order chi connectivity index (χ0) is 36.1. The molecule has 1 saturated carbocycles. The van der Waals surface area contributed by atoms with Crippen molar-refractivity contribution in [3.8, 4) is 5.75 Å². The first kappa shape index (κ1) is 36.2. The van der Waals surface area contributed by atoms with E-state index in [0.717, 1.165) is 54.1 Å². The van der Waals surface area contributed by atoms with Gasteiger partial charge in [0, 0.05) is 83.3 Å². The second-order valence-electron chi connectivity index (χ2n) is 15.1. The lowest BCUT2D eigenvalue weighted by Gasteiger charge is -2.40. The molecule has 3 heterocycles. The van der Waals surface area contributed by atoms with Crippen molar-refractivity contribution in [2.75, 3.05) is 45.8 Å². The van der Waals surface area contributed by atoms with Gasteiger partial charge < -0.3 is 33.5 Å². The number of hydrogen-bond donors (Lipinski definition) is 0. The molecule has 2 atom stereocenters. The Kier molecular flexibility index (Phi) is 11.2. The van der Waals surface area contributed by atoms with Gasteiger partial charge in [0.25, 0.3) is 0 Å². The Morgan fingerprint density at radius 3 is 2.55 bits per heavy atom. The van der Waals surface area contributed by atoms with Crippen LogP contribution >= 0.6 is 0 Å². The summed E-state index contributed by atoms with van der Waals surface area (Å²) in [6.45, 7) is 8.91. The number of nitrogens with zero attached hydrogens (tertiary/aromatic N) is 5. The molecule has 1 aliphatic heterocycles. The second kappa shape index (κ2) is 15.8. The van der Waals surface area contributed by atoms with E-state index in [1.807, 2.05) is 64.0 Å². The van der Waals surface area contributed by atoms with Crippen LogP contribution in [0.15, 0.2) is 73.1 Å². The Hall–Kier alpha value is -4.57. The number of aryl methyl sites for hydroxylation is 1. The molecular weight excluding hydrogens is 642 g/mol. The highest BCUT2D eigenvalue weighted by atomic mass is 16.6. The maximum absolute atomic E-state index is 14.9. The van der Waals surface area contributed by atoms with Gasteiger partial charge in [-0.2, -0.15) is 0 Å². The van der Waals surface area contributed by atoms with E-state index in [0.29, 0.717) is 39.3 Å². The Morgan fingerprint density at radius 1 is 1.00 bits per heavy atom.